The number of benzene rings is 2. The van der Waals surface area contributed by atoms with Gasteiger partial charge in [-0.1, -0.05) is 33.6 Å². The van der Waals surface area contributed by atoms with E-state index in [1.165, 1.54) is 4.57 Å². The van der Waals surface area contributed by atoms with Gasteiger partial charge in [0, 0.05) is 11.0 Å². The zero-order chi connectivity index (χ0) is 17.9. The highest BCUT2D eigenvalue weighted by atomic mass is 79.9. The van der Waals surface area contributed by atoms with Crippen molar-refractivity contribution >= 4 is 44.2 Å². The van der Waals surface area contributed by atoms with Crippen molar-refractivity contribution in [1.29, 1.82) is 0 Å². The summed E-state index contributed by atoms with van der Waals surface area (Å²) in [7, 11) is 3.86. The molecular weight excluding hydrogens is 406 g/mol. The van der Waals surface area contributed by atoms with E-state index in [1.807, 2.05) is 25.1 Å². The van der Waals surface area contributed by atoms with E-state index >= 15 is 0 Å². The Morgan fingerprint density at radius 3 is 2.68 bits per heavy atom. The van der Waals surface area contributed by atoms with Crippen LogP contribution in [-0.2, 0) is 6.54 Å². The summed E-state index contributed by atoms with van der Waals surface area (Å²) in [4.78, 5) is 32.2. The molecule has 0 unspecified atom stereocenters. The summed E-state index contributed by atoms with van der Waals surface area (Å²) in [6.07, 6.45) is 0. The third kappa shape index (κ3) is 2.44. The Hall–Kier alpha value is -2.02. The second kappa shape index (κ2) is 5.76. The van der Waals surface area contributed by atoms with Crippen molar-refractivity contribution in [3.63, 3.8) is 0 Å². The summed E-state index contributed by atoms with van der Waals surface area (Å²) in [5.41, 5.74) is 1.96. The highest BCUT2D eigenvalue weighted by molar-refractivity contribution is 9.10. The van der Waals surface area contributed by atoms with E-state index in [0.29, 0.717) is 33.7 Å². The Bertz CT molecular complexity index is 1120. The third-order valence-corrected chi connectivity index (χ3v) is 5.11. The SMILES string of the molecule is CN(C)Cc1ccc2nc3n(c(=O)c2c1Cl)-c1ccc(Br)cc1C3=O. The molecule has 0 amide bonds. The Labute approximate surface area is 157 Å². The first-order valence-electron chi connectivity index (χ1n) is 7.62. The predicted molar refractivity (Wildman–Crippen MR) is 101 cm³/mol. The highest BCUT2D eigenvalue weighted by Crippen LogP contribution is 2.31. The molecular formula is C18H13BrClN3O2. The molecule has 3 aromatic rings. The van der Waals surface area contributed by atoms with Gasteiger partial charge in [0.2, 0.25) is 5.78 Å². The van der Waals surface area contributed by atoms with Crippen molar-refractivity contribution in [1.82, 2.24) is 14.5 Å². The van der Waals surface area contributed by atoms with Gasteiger partial charge < -0.3 is 4.90 Å². The lowest BCUT2D eigenvalue weighted by atomic mass is 10.1. The number of hydrogen-bond acceptors (Lipinski definition) is 4. The highest BCUT2D eigenvalue weighted by Gasteiger charge is 2.31. The van der Waals surface area contributed by atoms with E-state index in [0.717, 1.165) is 10.0 Å². The molecule has 0 saturated heterocycles. The van der Waals surface area contributed by atoms with Crippen LogP contribution < -0.4 is 5.56 Å². The fraction of sp³-hybridized carbons (Fsp3) is 0.167. The number of fused-ring (bicyclic) bond motifs is 4. The average Bonchev–Trinajstić information content (AvgIpc) is 2.83. The quantitative estimate of drug-likeness (QED) is 0.501. The van der Waals surface area contributed by atoms with Crippen LogP contribution >= 0.6 is 27.5 Å². The van der Waals surface area contributed by atoms with E-state index in [1.54, 1.807) is 24.3 Å². The lowest BCUT2D eigenvalue weighted by Gasteiger charge is -2.13. The molecule has 1 aromatic heterocycles. The summed E-state index contributed by atoms with van der Waals surface area (Å²) >= 11 is 9.87. The molecule has 0 bridgehead atoms. The van der Waals surface area contributed by atoms with Crippen LogP contribution in [-0.4, -0.2) is 34.3 Å². The van der Waals surface area contributed by atoms with Gasteiger partial charge in [-0.05, 0) is 43.9 Å². The summed E-state index contributed by atoms with van der Waals surface area (Å²) in [6.45, 7) is 0.610. The van der Waals surface area contributed by atoms with Crippen molar-refractivity contribution in [2.75, 3.05) is 14.1 Å². The minimum atomic E-state index is -0.319. The number of ketones is 1. The largest absolute Gasteiger partial charge is 0.305 e. The van der Waals surface area contributed by atoms with Crippen molar-refractivity contribution in [3.8, 4) is 5.69 Å². The van der Waals surface area contributed by atoms with E-state index in [-0.39, 0.29) is 17.2 Å². The fourth-order valence-corrected chi connectivity index (χ4v) is 3.78. The Morgan fingerprint density at radius 1 is 1.20 bits per heavy atom. The third-order valence-electron chi connectivity index (χ3n) is 4.19. The minimum Gasteiger partial charge on any atom is -0.305 e. The van der Waals surface area contributed by atoms with Gasteiger partial charge in [0.05, 0.1) is 27.2 Å². The second-order valence-corrected chi connectivity index (χ2v) is 7.53. The van der Waals surface area contributed by atoms with Crippen molar-refractivity contribution < 1.29 is 4.79 Å². The first kappa shape index (κ1) is 16.4. The fourth-order valence-electron chi connectivity index (χ4n) is 3.12. The molecule has 0 atom stereocenters. The van der Waals surface area contributed by atoms with E-state index in [4.69, 9.17) is 11.6 Å². The van der Waals surface area contributed by atoms with Crippen molar-refractivity contribution in [2.24, 2.45) is 0 Å². The molecule has 0 saturated carbocycles. The molecule has 4 rings (SSSR count). The molecule has 1 aliphatic rings. The number of hydrogen-bond donors (Lipinski definition) is 0. The predicted octanol–water partition coefficient (Wildman–Crippen LogP) is 3.41. The Kier molecular flexibility index (Phi) is 3.79. The second-order valence-electron chi connectivity index (χ2n) is 6.24. The summed E-state index contributed by atoms with van der Waals surface area (Å²) < 4.78 is 2.13. The van der Waals surface area contributed by atoms with E-state index < -0.39 is 0 Å². The topological polar surface area (TPSA) is 55.2 Å². The van der Waals surface area contributed by atoms with Crippen LogP contribution in [0.2, 0.25) is 5.02 Å². The van der Waals surface area contributed by atoms with Gasteiger partial charge in [0.1, 0.15) is 0 Å². The molecule has 0 aliphatic carbocycles. The van der Waals surface area contributed by atoms with Gasteiger partial charge in [-0.3, -0.25) is 14.2 Å². The molecule has 2 aromatic carbocycles. The summed E-state index contributed by atoms with van der Waals surface area (Å²) in [6, 6.07) is 8.82. The van der Waals surface area contributed by atoms with E-state index in [2.05, 4.69) is 20.9 Å². The van der Waals surface area contributed by atoms with Crippen LogP contribution in [0.3, 0.4) is 0 Å². The number of rotatable bonds is 2. The number of aromatic nitrogens is 2. The molecule has 0 radical (unpaired) electrons. The number of nitrogens with zero attached hydrogens (tertiary/aromatic N) is 3. The summed E-state index contributed by atoms with van der Waals surface area (Å²) in [5, 5.41) is 0.727. The van der Waals surface area contributed by atoms with Crippen LogP contribution in [0, 0.1) is 0 Å². The smallest absolute Gasteiger partial charge is 0.267 e. The minimum absolute atomic E-state index is 0.127. The average molecular weight is 419 g/mol. The number of carbonyl (C=O) groups excluding carboxylic acids is 1. The van der Waals surface area contributed by atoms with Crippen molar-refractivity contribution in [2.45, 2.75) is 6.54 Å². The van der Waals surface area contributed by atoms with Crippen LogP contribution in [0.1, 0.15) is 21.7 Å². The van der Waals surface area contributed by atoms with Crippen LogP contribution in [0.4, 0.5) is 0 Å². The number of carbonyl (C=O) groups is 1. The van der Waals surface area contributed by atoms with Gasteiger partial charge >= 0.3 is 0 Å². The normalized spacial score (nSPS) is 12.8. The zero-order valence-corrected chi connectivity index (χ0v) is 15.8. The molecule has 0 spiro atoms. The zero-order valence-electron chi connectivity index (χ0n) is 13.5. The molecule has 0 fully saturated rings. The van der Waals surface area contributed by atoms with Crippen LogP contribution in [0.25, 0.3) is 16.6 Å². The van der Waals surface area contributed by atoms with Crippen molar-refractivity contribution in [3.05, 3.63) is 67.1 Å². The van der Waals surface area contributed by atoms with Crippen LogP contribution in [0.15, 0.2) is 39.6 Å². The number of halogens is 2. The Morgan fingerprint density at radius 2 is 1.96 bits per heavy atom. The maximum Gasteiger partial charge on any atom is 0.267 e. The molecule has 7 heteroatoms. The van der Waals surface area contributed by atoms with Gasteiger partial charge in [0.25, 0.3) is 5.56 Å². The molecule has 1 aliphatic heterocycles. The van der Waals surface area contributed by atoms with Crippen LogP contribution in [0.5, 0.6) is 0 Å². The molecule has 5 nitrogen and oxygen atoms in total. The maximum absolute atomic E-state index is 13.1. The lowest BCUT2D eigenvalue weighted by molar-refractivity contribution is 0.103. The van der Waals surface area contributed by atoms with Gasteiger partial charge in [-0.2, -0.15) is 0 Å². The first-order valence-corrected chi connectivity index (χ1v) is 8.79. The standard InChI is InChI=1S/C18H13BrClN3O2/c1-22(2)8-9-3-5-12-14(15(9)20)18(25)23-13-6-4-10(19)7-11(13)16(24)17(23)21-12/h3-7H,8H2,1-2H3. The van der Waals surface area contributed by atoms with E-state index in [9.17, 15) is 9.59 Å². The van der Waals surface area contributed by atoms with Gasteiger partial charge in [-0.25, -0.2) is 4.98 Å². The monoisotopic (exact) mass is 417 g/mol. The Balaban J connectivity index is 2.06. The molecule has 2 heterocycles. The maximum atomic E-state index is 13.1. The van der Waals surface area contributed by atoms with Gasteiger partial charge in [0.15, 0.2) is 5.82 Å². The van der Waals surface area contributed by atoms with Gasteiger partial charge in [-0.15, -0.1) is 0 Å². The molecule has 126 valence electrons. The molecule has 0 N–H and O–H groups in total. The first-order chi connectivity index (χ1) is 11.9. The lowest BCUT2D eigenvalue weighted by Crippen LogP contribution is -2.22. The molecule has 25 heavy (non-hydrogen) atoms. The summed E-state index contributed by atoms with van der Waals surface area (Å²) in [5.74, 6) is -0.134.